The molecule has 6 nitrogen and oxygen atoms in total. The van der Waals surface area contributed by atoms with Crippen LogP contribution in [0.15, 0.2) is 53.2 Å². The second-order valence-electron chi connectivity index (χ2n) is 7.24. The molecule has 1 aliphatic rings. The van der Waals surface area contributed by atoms with Crippen molar-refractivity contribution in [2.45, 2.75) is 30.9 Å². The Morgan fingerprint density at radius 1 is 1.06 bits per heavy atom. The van der Waals surface area contributed by atoms with E-state index in [-0.39, 0.29) is 17.9 Å². The summed E-state index contributed by atoms with van der Waals surface area (Å²) in [5, 5.41) is 1.43. The Morgan fingerprint density at radius 3 is 2.27 bits per heavy atom. The van der Waals surface area contributed by atoms with Crippen LogP contribution < -0.4 is 19.5 Å². The summed E-state index contributed by atoms with van der Waals surface area (Å²) in [7, 11) is 4.52. The predicted molar refractivity (Wildman–Crippen MR) is 120 cm³/mol. The van der Waals surface area contributed by atoms with Crippen molar-refractivity contribution in [3.05, 3.63) is 64.3 Å². The van der Waals surface area contributed by atoms with Crippen molar-refractivity contribution in [2.24, 2.45) is 0 Å². The Morgan fingerprint density at radius 2 is 1.73 bits per heavy atom. The number of nitrogens with one attached hydrogen (secondary N) is 1. The van der Waals surface area contributed by atoms with E-state index in [9.17, 15) is 18.0 Å². The van der Waals surface area contributed by atoms with Gasteiger partial charge in [-0.3, -0.25) is 4.79 Å². The number of rotatable bonds is 9. The van der Waals surface area contributed by atoms with E-state index in [0.717, 1.165) is 17.3 Å². The zero-order valence-corrected chi connectivity index (χ0v) is 19.4. The van der Waals surface area contributed by atoms with Gasteiger partial charge >= 0.3 is 6.18 Å². The normalized spacial score (nSPS) is 17.1. The van der Waals surface area contributed by atoms with Gasteiger partial charge in [0.2, 0.25) is 6.41 Å². The Kier molecular flexibility index (Phi) is 7.68. The van der Waals surface area contributed by atoms with Gasteiger partial charge in [-0.2, -0.15) is 13.2 Å². The van der Waals surface area contributed by atoms with Crippen LogP contribution in [0.2, 0.25) is 0 Å². The molecule has 2 unspecified atom stereocenters. The van der Waals surface area contributed by atoms with Crippen LogP contribution in [0.4, 0.5) is 13.2 Å². The highest BCUT2D eigenvalue weighted by Crippen LogP contribution is 2.49. The maximum Gasteiger partial charge on any atom is 0.433 e. The third kappa shape index (κ3) is 5.32. The zero-order valence-electron chi connectivity index (χ0n) is 18.6. The third-order valence-electron chi connectivity index (χ3n) is 5.33. The Bertz CT molecular complexity index is 1010. The first-order valence-corrected chi connectivity index (χ1v) is 10.9. The Hall–Kier alpha value is -3.01. The number of amides is 1. The zero-order chi connectivity index (χ0) is 24.2. The number of methoxy groups -OCH3 is 3. The molecule has 0 spiro atoms. The van der Waals surface area contributed by atoms with Crippen LogP contribution in [0.25, 0.3) is 0 Å². The first kappa shape index (κ1) is 24.6. The van der Waals surface area contributed by atoms with E-state index in [2.05, 4.69) is 5.32 Å². The molecule has 1 heterocycles. The average Bonchev–Trinajstić information content (AvgIpc) is 3.13. The maximum absolute atomic E-state index is 14.2. The molecule has 178 valence electrons. The van der Waals surface area contributed by atoms with Crippen molar-refractivity contribution in [3.63, 3.8) is 0 Å². The van der Waals surface area contributed by atoms with Crippen molar-refractivity contribution in [1.29, 1.82) is 0 Å². The Balaban J connectivity index is 2.13. The fourth-order valence-electron chi connectivity index (χ4n) is 3.84. The van der Waals surface area contributed by atoms with Gasteiger partial charge in [-0.05, 0) is 48.7 Å². The number of nitrogens with zero attached hydrogens (tertiary/aromatic N) is 1. The van der Waals surface area contributed by atoms with Crippen molar-refractivity contribution in [2.75, 3.05) is 21.3 Å². The van der Waals surface area contributed by atoms with Crippen LogP contribution in [0.5, 0.6) is 17.2 Å². The fraction of sp³-hybridized carbons (Fsp3) is 0.348. The number of hydrogen-bond donors (Lipinski definition) is 1. The van der Waals surface area contributed by atoms with Crippen LogP contribution in [0.1, 0.15) is 24.1 Å². The summed E-state index contributed by atoms with van der Waals surface area (Å²) in [6.45, 7) is 1.68. The largest absolute Gasteiger partial charge is 0.497 e. The van der Waals surface area contributed by atoms with E-state index >= 15 is 0 Å². The predicted octanol–water partition coefficient (Wildman–Crippen LogP) is 4.87. The molecule has 2 atom stereocenters. The molecule has 1 amide bonds. The highest BCUT2D eigenvalue weighted by atomic mass is 32.2. The molecule has 2 aromatic rings. The molecular weight excluding hydrogens is 457 g/mol. The summed E-state index contributed by atoms with van der Waals surface area (Å²) in [5.41, 5.74) is 0.566. The molecule has 33 heavy (non-hydrogen) atoms. The number of benzene rings is 2. The smallest absolute Gasteiger partial charge is 0.433 e. The van der Waals surface area contributed by atoms with Crippen LogP contribution >= 0.6 is 11.8 Å². The van der Waals surface area contributed by atoms with Crippen LogP contribution in [0.3, 0.4) is 0 Å². The van der Waals surface area contributed by atoms with Gasteiger partial charge in [0.15, 0.2) is 17.2 Å². The molecule has 1 aliphatic heterocycles. The van der Waals surface area contributed by atoms with Crippen molar-refractivity contribution in [1.82, 2.24) is 10.2 Å². The number of carbonyl (C=O) groups is 1. The number of halogens is 3. The number of hydrogen-bond acceptors (Lipinski definition) is 6. The summed E-state index contributed by atoms with van der Waals surface area (Å²) in [5.74, 6) is 1.54. The van der Waals surface area contributed by atoms with Gasteiger partial charge in [-0.15, -0.1) is 0 Å². The van der Waals surface area contributed by atoms with Crippen molar-refractivity contribution in [3.8, 4) is 17.2 Å². The minimum Gasteiger partial charge on any atom is -0.497 e. The highest BCUT2D eigenvalue weighted by Gasteiger charge is 2.49. The molecule has 0 bridgehead atoms. The summed E-state index contributed by atoms with van der Waals surface area (Å²) in [4.78, 5) is 12.3. The van der Waals surface area contributed by atoms with E-state index in [1.807, 2.05) is 12.1 Å². The highest BCUT2D eigenvalue weighted by molar-refractivity contribution is 8.03. The first-order valence-electron chi connectivity index (χ1n) is 10.0. The van der Waals surface area contributed by atoms with Gasteiger partial charge in [0.1, 0.15) is 10.8 Å². The first-order chi connectivity index (χ1) is 15.7. The van der Waals surface area contributed by atoms with Crippen LogP contribution in [-0.4, -0.2) is 44.2 Å². The molecule has 10 heteroatoms. The van der Waals surface area contributed by atoms with E-state index in [1.54, 1.807) is 44.4 Å². The molecule has 3 rings (SSSR count). The SMILES string of the molecule is COc1ccc(CC(c2ccc(OC)c(OC)c2)N2C(C(F)(F)F)=C(NC=O)SC2C)cc1. The average molecular weight is 483 g/mol. The Labute approximate surface area is 194 Å². The molecule has 1 N–H and O–H groups in total. The topological polar surface area (TPSA) is 60.0 Å². The lowest BCUT2D eigenvalue weighted by atomic mass is 9.96. The lowest BCUT2D eigenvalue weighted by Crippen LogP contribution is -2.38. The minimum absolute atomic E-state index is 0.217. The van der Waals surface area contributed by atoms with E-state index in [1.165, 1.54) is 19.1 Å². The third-order valence-corrected chi connectivity index (χ3v) is 6.44. The molecule has 0 aliphatic carbocycles. The number of ether oxygens (including phenoxy) is 3. The maximum atomic E-state index is 14.2. The van der Waals surface area contributed by atoms with Crippen molar-refractivity contribution < 1.29 is 32.2 Å². The van der Waals surface area contributed by atoms with Gasteiger partial charge in [-0.25, -0.2) is 0 Å². The fourth-order valence-corrected chi connectivity index (χ4v) is 5.00. The van der Waals surface area contributed by atoms with E-state index in [0.29, 0.717) is 22.8 Å². The van der Waals surface area contributed by atoms with E-state index < -0.39 is 23.3 Å². The molecule has 0 aromatic heterocycles. The van der Waals surface area contributed by atoms with Gasteiger partial charge in [-0.1, -0.05) is 30.0 Å². The van der Waals surface area contributed by atoms with Gasteiger partial charge < -0.3 is 24.4 Å². The molecular formula is C23H25F3N2O4S. The minimum atomic E-state index is -4.67. The van der Waals surface area contributed by atoms with Crippen LogP contribution in [-0.2, 0) is 11.2 Å². The second kappa shape index (κ2) is 10.3. The summed E-state index contributed by atoms with van der Waals surface area (Å²) >= 11 is 0.958. The molecule has 0 fully saturated rings. The molecule has 0 radical (unpaired) electrons. The lowest BCUT2D eigenvalue weighted by Gasteiger charge is -2.36. The second-order valence-corrected chi connectivity index (χ2v) is 8.57. The molecule has 0 saturated carbocycles. The number of alkyl halides is 3. The van der Waals surface area contributed by atoms with Crippen molar-refractivity contribution >= 4 is 18.2 Å². The quantitative estimate of drug-likeness (QED) is 0.515. The van der Waals surface area contributed by atoms with Gasteiger partial charge in [0.05, 0.1) is 32.7 Å². The van der Waals surface area contributed by atoms with Crippen LogP contribution in [0, 0.1) is 0 Å². The summed E-state index contributed by atoms with van der Waals surface area (Å²) in [6.07, 6.45) is -4.13. The standard InChI is InChI=1S/C23H25F3N2O4S/c1-14-28(21(23(24,25)26)22(33-14)27-13-29)18(11-15-5-8-17(30-2)9-6-15)16-7-10-19(31-3)20(12-16)32-4/h5-10,12-14,18H,11H2,1-4H3,(H,27,29). The lowest BCUT2D eigenvalue weighted by molar-refractivity contribution is -0.116. The number of carbonyl (C=O) groups excluding carboxylic acids is 1. The number of allylic oxidation sites excluding steroid dienone is 1. The summed E-state index contributed by atoms with van der Waals surface area (Å²) in [6, 6.07) is 11.6. The molecule has 0 saturated heterocycles. The molecule has 2 aromatic carbocycles. The van der Waals surface area contributed by atoms with Gasteiger partial charge in [0.25, 0.3) is 0 Å². The monoisotopic (exact) mass is 482 g/mol. The van der Waals surface area contributed by atoms with Gasteiger partial charge in [0, 0.05) is 0 Å². The van der Waals surface area contributed by atoms with E-state index in [4.69, 9.17) is 14.2 Å². The number of thioether (sulfide) groups is 1. The summed E-state index contributed by atoms with van der Waals surface area (Å²) < 4.78 is 58.5.